The molecule has 0 saturated carbocycles. The number of rotatable bonds is 3. The molecule has 0 spiro atoms. The Morgan fingerprint density at radius 3 is 2.72 bits per heavy atom. The molecule has 18 heavy (non-hydrogen) atoms. The van der Waals surface area contributed by atoms with Crippen LogP contribution in [0.2, 0.25) is 0 Å². The van der Waals surface area contributed by atoms with Gasteiger partial charge in [0, 0.05) is 5.39 Å². The zero-order chi connectivity index (χ0) is 13.3. The van der Waals surface area contributed by atoms with Crippen molar-refractivity contribution in [2.24, 2.45) is 0 Å². The van der Waals surface area contributed by atoms with E-state index in [9.17, 15) is 9.90 Å². The quantitative estimate of drug-likeness (QED) is 0.847. The summed E-state index contributed by atoms with van der Waals surface area (Å²) < 4.78 is 10.6. The Balaban J connectivity index is 2.70. The van der Waals surface area contributed by atoms with E-state index in [2.05, 4.69) is 0 Å². The Morgan fingerprint density at radius 2 is 2.11 bits per heavy atom. The van der Waals surface area contributed by atoms with Crippen LogP contribution in [0.4, 0.5) is 0 Å². The number of furan rings is 1. The van der Waals surface area contributed by atoms with Crippen molar-refractivity contribution in [2.45, 2.75) is 27.2 Å². The third-order valence-corrected chi connectivity index (χ3v) is 2.89. The van der Waals surface area contributed by atoms with Gasteiger partial charge in [-0.05, 0) is 38.0 Å². The lowest BCUT2D eigenvalue weighted by Gasteiger charge is -2.02. The van der Waals surface area contributed by atoms with Gasteiger partial charge < -0.3 is 14.3 Å². The largest absolute Gasteiger partial charge is 0.508 e. The number of hydrogen-bond donors (Lipinski definition) is 1. The number of phenolic OH excluding ortho intramolecular Hbond substituents is 1. The van der Waals surface area contributed by atoms with Gasteiger partial charge in [0.05, 0.1) is 6.61 Å². The van der Waals surface area contributed by atoms with Crippen LogP contribution in [0.15, 0.2) is 16.5 Å². The number of esters is 1. The van der Waals surface area contributed by atoms with E-state index in [1.165, 1.54) is 6.07 Å². The van der Waals surface area contributed by atoms with Crippen molar-refractivity contribution in [3.8, 4) is 5.75 Å². The smallest absolute Gasteiger partial charge is 0.342 e. The van der Waals surface area contributed by atoms with Crippen LogP contribution in [-0.4, -0.2) is 17.7 Å². The summed E-state index contributed by atoms with van der Waals surface area (Å²) in [5, 5.41) is 10.3. The van der Waals surface area contributed by atoms with E-state index in [1.54, 1.807) is 19.9 Å². The van der Waals surface area contributed by atoms with Gasteiger partial charge in [0.2, 0.25) is 0 Å². The number of phenols is 1. The van der Waals surface area contributed by atoms with Crippen LogP contribution in [0.3, 0.4) is 0 Å². The van der Waals surface area contributed by atoms with E-state index in [4.69, 9.17) is 9.15 Å². The average Bonchev–Trinajstić information content (AvgIpc) is 2.64. The normalized spacial score (nSPS) is 10.8. The molecule has 0 aliphatic rings. The maximum atomic E-state index is 11.9. The monoisotopic (exact) mass is 248 g/mol. The molecule has 1 aromatic heterocycles. The van der Waals surface area contributed by atoms with Gasteiger partial charge in [0.15, 0.2) is 0 Å². The predicted octanol–water partition coefficient (Wildman–Crippen LogP) is 3.19. The number of aryl methyl sites for hydroxylation is 2. The molecule has 0 bridgehead atoms. The number of carbonyl (C=O) groups is 1. The first-order chi connectivity index (χ1) is 8.58. The molecule has 1 N–H and O–H groups in total. The van der Waals surface area contributed by atoms with Crippen molar-refractivity contribution in [1.82, 2.24) is 0 Å². The van der Waals surface area contributed by atoms with Crippen molar-refractivity contribution in [3.63, 3.8) is 0 Å². The second-order valence-electron chi connectivity index (χ2n) is 4.09. The number of ether oxygens (including phenoxy) is 1. The highest BCUT2D eigenvalue weighted by Crippen LogP contribution is 2.32. The lowest BCUT2D eigenvalue weighted by Crippen LogP contribution is -2.05. The number of fused-ring (bicyclic) bond motifs is 1. The van der Waals surface area contributed by atoms with Gasteiger partial charge in [-0.25, -0.2) is 4.79 Å². The molecule has 4 heteroatoms. The summed E-state index contributed by atoms with van der Waals surface area (Å²) in [4.78, 5) is 11.9. The molecule has 96 valence electrons. The molecule has 1 heterocycles. The van der Waals surface area contributed by atoms with Crippen molar-refractivity contribution in [3.05, 3.63) is 29.0 Å². The Morgan fingerprint density at radius 1 is 1.39 bits per heavy atom. The highest BCUT2D eigenvalue weighted by Gasteiger charge is 2.21. The first kappa shape index (κ1) is 12.5. The van der Waals surface area contributed by atoms with Gasteiger partial charge in [-0.1, -0.05) is 6.92 Å². The summed E-state index contributed by atoms with van der Waals surface area (Å²) in [6, 6.07) is 3.19. The molecule has 0 radical (unpaired) electrons. The standard InChI is InChI=1S/C14H16O4/c1-4-9-6-10(15)7-11-12(14(16)17-5-2)8(3)18-13(9)11/h6-7,15H,4-5H2,1-3H3. The molecule has 0 aliphatic heterocycles. The molecular formula is C14H16O4. The second-order valence-corrected chi connectivity index (χ2v) is 4.09. The number of aromatic hydroxyl groups is 1. The second kappa shape index (κ2) is 4.72. The zero-order valence-electron chi connectivity index (χ0n) is 10.7. The minimum Gasteiger partial charge on any atom is -0.508 e. The van der Waals surface area contributed by atoms with E-state index in [0.29, 0.717) is 28.9 Å². The molecule has 2 aromatic rings. The third kappa shape index (κ3) is 1.94. The molecule has 0 atom stereocenters. The molecular weight excluding hydrogens is 232 g/mol. The molecule has 0 unspecified atom stereocenters. The lowest BCUT2D eigenvalue weighted by atomic mass is 10.1. The maximum absolute atomic E-state index is 11.9. The minimum absolute atomic E-state index is 0.130. The molecule has 0 saturated heterocycles. The Labute approximate surface area is 105 Å². The molecule has 2 rings (SSSR count). The molecule has 1 aromatic carbocycles. The summed E-state index contributed by atoms with van der Waals surface area (Å²) in [6.07, 6.45) is 0.722. The fourth-order valence-electron chi connectivity index (χ4n) is 2.09. The van der Waals surface area contributed by atoms with Gasteiger partial charge in [0.25, 0.3) is 0 Å². The molecule has 0 aliphatic carbocycles. The Hall–Kier alpha value is -1.97. The summed E-state index contributed by atoms with van der Waals surface area (Å²) >= 11 is 0. The molecule has 0 fully saturated rings. The van der Waals surface area contributed by atoms with Gasteiger partial charge in [-0.15, -0.1) is 0 Å². The topological polar surface area (TPSA) is 59.7 Å². The van der Waals surface area contributed by atoms with E-state index < -0.39 is 5.97 Å². The number of benzene rings is 1. The minimum atomic E-state index is -0.415. The van der Waals surface area contributed by atoms with Crippen molar-refractivity contribution < 1.29 is 19.1 Å². The van der Waals surface area contributed by atoms with Crippen LogP contribution in [-0.2, 0) is 11.2 Å². The van der Waals surface area contributed by atoms with Crippen LogP contribution in [0.5, 0.6) is 5.75 Å². The average molecular weight is 248 g/mol. The number of hydrogen-bond acceptors (Lipinski definition) is 4. The van der Waals surface area contributed by atoms with Crippen LogP contribution in [0, 0.1) is 6.92 Å². The highest BCUT2D eigenvalue weighted by atomic mass is 16.5. The van der Waals surface area contributed by atoms with E-state index in [1.807, 2.05) is 6.92 Å². The van der Waals surface area contributed by atoms with Crippen LogP contribution < -0.4 is 0 Å². The van der Waals surface area contributed by atoms with Crippen molar-refractivity contribution >= 4 is 16.9 Å². The SMILES string of the molecule is CCOC(=O)c1c(C)oc2c(CC)cc(O)cc12. The predicted molar refractivity (Wildman–Crippen MR) is 68.0 cm³/mol. The summed E-state index contributed by atoms with van der Waals surface area (Å²) in [7, 11) is 0. The third-order valence-electron chi connectivity index (χ3n) is 2.89. The summed E-state index contributed by atoms with van der Waals surface area (Å²) in [5.41, 5.74) is 1.93. The molecule has 0 amide bonds. The first-order valence-electron chi connectivity index (χ1n) is 6.00. The highest BCUT2D eigenvalue weighted by molar-refractivity contribution is 6.05. The van der Waals surface area contributed by atoms with Gasteiger partial charge in [-0.3, -0.25) is 0 Å². The summed E-state index contributed by atoms with van der Waals surface area (Å²) in [6.45, 7) is 5.76. The van der Waals surface area contributed by atoms with Gasteiger partial charge >= 0.3 is 5.97 Å². The first-order valence-corrected chi connectivity index (χ1v) is 6.00. The van der Waals surface area contributed by atoms with Crippen LogP contribution in [0.25, 0.3) is 11.0 Å². The maximum Gasteiger partial charge on any atom is 0.342 e. The molecule has 4 nitrogen and oxygen atoms in total. The zero-order valence-corrected chi connectivity index (χ0v) is 10.7. The van der Waals surface area contributed by atoms with Crippen LogP contribution in [0.1, 0.15) is 35.5 Å². The van der Waals surface area contributed by atoms with Crippen molar-refractivity contribution in [1.29, 1.82) is 0 Å². The fourth-order valence-corrected chi connectivity index (χ4v) is 2.09. The van der Waals surface area contributed by atoms with E-state index >= 15 is 0 Å². The van der Waals surface area contributed by atoms with E-state index in [0.717, 1.165) is 12.0 Å². The Kier molecular flexibility index (Phi) is 3.28. The van der Waals surface area contributed by atoms with Gasteiger partial charge in [0.1, 0.15) is 22.7 Å². The van der Waals surface area contributed by atoms with Gasteiger partial charge in [-0.2, -0.15) is 0 Å². The number of carbonyl (C=O) groups excluding carboxylic acids is 1. The van der Waals surface area contributed by atoms with E-state index in [-0.39, 0.29) is 5.75 Å². The van der Waals surface area contributed by atoms with Crippen LogP contribution >= 0.6 is 0 Å². The fraction of sp³-hybridized carbons (Fsp3) is 0.357. The summed E-state index contributed by atoms with van der Waals surface area (Å²) in [5.74, 6) is 0.232. The lowest BCUT2D eigenvalue weighted by molar-refractivity contribution is 0.0526. The Bertz CT molecular complexity index is 595. The van der Waals surface area contributed by atoms with Crippen molar-refractivity contribution in [2.75, 3.05) is 6.61 Å².